The quantitative estimate of drug-likeness (QED) is 0.816. The van der Waals surface area contributed by atoms with Gasteiger partial charge in [-0.15, -0.1) is 0 Å². The van der Waals surface area contributed by atoms with Gasteiger partial charge in [-0.3, -0.25) is 0 Å². The summed E-state index contributed by atoms with van der Waals surface area (Å²) in [5.41, 5.74) is 1.13. The molecule has 0 spiro atoms. The van der Waals surface area contributed by atoms with Crippen LogP contribution in [0.2, 0.25) is 0 Å². The summed E-state index contributed by atoms with van der Waals surface area (Å²) in [4.78, 5) is 21.9. The van der Waals surface area contributed by atoms with E-state index >= 15 is 0 Å². The molecule has 0 aliphatic heterocycles. The monoisotopic (exact) mass is 271 g/mol. The number of carbonyl (C=O) groups is 2. The Labute approximate surface area is 115 Å². The molecule has 0 aliphatic carbocycles. The van der Waals surface area contributed by atoms with Crippen molar-refractivity contribution in [3.05, 3.63) is 66.0 Å². The summed E-state index contributed by atoms with van der Waals surface area (Å²) in [6.45, 7) is 0.480. The van der Waals surface area contributed by atoms with Gasteiger partial charge in [0.05, 0.1) is 11.3 Å². The molecule has 0 bridgehead atoms. The predicted molar refractivity (Wildman–Crippen MR) is 73.2 cm³/mol. The van der Waals surface area contributed by atoms with Gasteiger partial charge in [-0.1, -0.05) is 30.3 Å². The minimum atomic E-state index is -1.28. The van der Waals surface area contributed by atoms with Crippen LogP contribution in [0.4, 0.5) is 0 Å². The molecule has 102 valence electrons. The normalized spacial score (nSPS) is 11.3. The number of rotatable bonds is 5. The van der Waals surface area contributed by atoms with Crippen molar-refractivity contribution >= 4 is 17.5 Å². The van der Waals surface area contributed by atoms with Crippen LogP contribution in [0.1, 0.15) is 11.3 Å². The molecular weight excluding hydrogens is 258 g/mol. The molecule has 2 rings (SSSR count). The van der Waals surface area contributed by atoms with Crippen LogP contribution in [0.3, 0.4) is 0 Å². The van der Waals surface area contributed by atoms with E-state index in [0.29, 0.717) is 18.3 Å². The van der Waals surface area contributed by atoms with Crippen LogP contribution in [-0.4, -0.2) is 26.7 Å². The maximum atomic E-state index is 11.2. The fraction of sp³-hybridized carbons (Fsp3) is 0.0667. The SMILES string of the molecule is O=C(O)/C=C(\C(=O)O)c1cccn1Cc1ccccc1. The maximum absolute atomic E-state index is 11.2. The van der Waals surface area contributed by atoms with Crippen LogP contribution in [0.15, 0.2) is 54.7 Å². The van der Waals surface area contributed by atoms with E-state index in [1.54, 1.807) is 22.9 Å². The van der Waals surface area contributed by atoms with Gasteiger partial charge in [-0.05, 0) is 17.7 Å². The molecule has 20 heavy (non-hydrogen) atoms. The van der Waals surface area contributed by atoms with Gasteiger partial charge in [0.15, 0.2) is 0 Å². The lowest BCUT2D eigenvalue weighted by molar-refractivity contribution is -0.133. The first-order valence-corrected chi connectivity index (χ1v) is 5.95. The highest BCUT2D eigenvalue weighted by Crippen LogP contribution is 2.17. The van der Waals surface area contributed by atoms with Gasteiger partial charge in [-0.25, -0.2) is 9.59 Å². The van der Waals surface area contributed by atoms with Crippen molar-refractivity contribution in [2.75, 3.05) is 0 Å². The number of hydrogen-bond donors (Lipinski definition) is 2. The summed E-state index contributed by atoms with van der Waals surface area (Å²) in [6.07, 6.45) is 2.43. The molecule has 0 atom stereocenters. The molecule has 0 fully saturated rings. The Bertz CT molecular complexity index is 656. The van der Waals surface area contributed by atoms with Crippen molar-refractivity contribution in [3.8, 4) is 0 Å². The number of benzene rings is 1. The van der Waals surface area contributed by atoms with Crippen LogP contribution in [0.5, 0.6) is 0 Å². The standard InChI is InChI=1S/C15H13NO4/c17-14(18)9-12(15(19)20)13-7-4-8-16(13)10-11-5-2-1-3-6-11/h1-9H,10H2,(H,17,18)(H,19,20)/b12-9-. The molecule has 0 radical (unpaired) electrons. The third-order valence-corrected chi connectivity index (χ3v) is 2.80. The van der Waals surface area contributed by atoms with E-state index in [4.69, 9.17) is 10.2 Å². The van der Waals surface area contributed by atoms with Crippen molar-refractivity contribution < 1.29 is 19.8 Å². The third-order valence-electron chi connectivity index (χ3n) is 2.80. The first kappa shape index (κ1) is 13.6. The Kier molecular flexibility index (Phi) is 4.00. The Morgan fingerprint density at radius 1 is 1.05 bits per heavy atom. The van der Waals surface area contributed by atoms with Gasteiger partial charge < -0.3 is 14.8 Å². The molecule has 5 heteroatoms. The van der Waals surface area contributed by atoms with E-state index in [9.17, 15) is 9.59 Å². The Morgan fingerprint density at radius 3 is 2.35 bits per heavy atom. The second kappa shape index (κ2) is 5.88. The van der Waals surface area contributed by atoms with Gasteiger partial charge >= 0.3 is 11.9 Å². The molecule has 0 unspecified atom stereocenters. The maximum Gasteiger partial charge on any atom is 0.338 e. The number of aliphatic carboxylic acids is 2. The predicted octanol–water partition coefficient (Wildman–Crippen LogP) is 2.09. The number of hydrogen-bond acceptors (Lipinski definition) is 2. The van der Waals surface area contributed by atoms with Crippen LogP contribution in [0, 0.1) is 0 Å². The van der Waals surface area contributed by atoms with E-state index in [0.717, 1.165) is 5.56 Å². The Morgan fingerprint density at radius 2 is 1.75 bits per heavy atom. The lowest BCUT2D eigenvalue weighted by Gasteiger charge is -2.09. The average molecular weight is 271 g/mol. The van der Waals surface area contributed by atoms with Gasteiger partial charge in [0.25, 0.3) is 0 Å². The summed E-state index contributed by atoms with van der Waals surface area (Å²) >= 11 is 0. The molecule has 1 aromatic heterocycles. The third kappa shape index (κ3) is 3.14. The topological polar surface area (TPSA) is 79.5 Å². The molecule has 0 amide bonds. The van der Waals surface area contributed by atoms with Gasteiger partial charge in [0, 0.05) is 18.8 Å². The minimum Gasteiger partial charge on any atom is -0.478 e. The second-order valence-electron chi connectivity index (χ2n) is 4.21. The van der Waals surface area contributed by atoms with Crippen LogP contribution < -0.4 is 0 Å². The Hall–Kier alpha value is -2.82. The van der Waals surface area contributed by atoms with E-state index in [1.807, 2.05) is 30.3 Å². The van der Waals surface area contributed by atoms with Crippen molar-refractivity contribution in [2.24, 2.45) is 0 Å². The van der Waals surface area contributed by atoms with Gasteiger partial charge in [0.1, 0.15) is 0 Å². The lowest BCUT2D eigenvalue weighted by Crippen LogP contribution is -2.09. The zero-order valence-electron chi connectivity index (χ0n) is 10.6. The van der Waals surface area contributed by atoms with E-state index in [2.05, 4.69) is 0 Å². The summed E-state index contributed by atoms with van der Waals surface area (Å²) < 4.78 is 1.71. The number of nitrogens with zero attached hydrogens (tertiary/aromatic N) is 1. The number of aromatic nitrogens is 1. The Balaban J connectivity index is 2.37. The molecule has 2 N–H and O–H groups in total. The van der Waals surface area contributed by atoms with Crippen molar-refractivity contribution in [1.29, 1.82) is 0 Å². The van der Waals surface area contributed by atoms with Crippen molar-refractivity contribution in [2.45, 2.75) is 6.54 Å². The van der Waals surface area contributed by atoms with Crippen molar-refractivity contribution in [3.63, 3.8) is 0 Å². The zero-order chi connectivity index (χ0) is 14.5. The summed E-state index contributed by atoms with van der Waals surface area (Å²) in [5.74, 6) is -2.55. The van der Waals surface area contributed by atoms with Crippen LogP contribution >= 0.6 is 0 Å². The zero-order valence-corrected chi connectivity index (χ0v) is 10.6. The van der Waals surface area contributed by atoms with Gasteiger partial charge in [-0.2, -0.15) is 0 Å². The fourth-order valence-electron chi connectivity index (χ4n) is 1.95. The smallest absolute Gasteiger partial charge is 0.338 e. The molecule has 1 aromatic carbocycles. The second-order valence-corrected chi connectivity index (χ2v) is 4.21. The molecule has 5 nitrogen and oxygen atoms in total. The molecule has 0 aliphatic rings. The molecule has 2 aromatic rings. The summed E-state index contributed by atoms with van der Waals surface area (Å²) in [7, 11) is 0. The number of carboxylic acid groups (broad SMARTS) is 2. The highest BCUT2D eigenvalue weighted by Gasteiger charge is 2.16. The highest BCUT2D eigenvalue weighted by atomic mass is 16.4. The van der Waals surface area contributed by atoms with E-state index in [1.165, 1.54) is 0 Å². The first-order chi connectivity index (χ1) is 9.58. The van der Waals surface area contributed by atoms with Crippen molar-refractivity contribution in [1.82, 2.24) is 4.57 Å². The summed E-state index contributed by atoms with van der Waals surface area (Å²) in [6, 6.07) is 12.8. The average Bonchev–Trinajstić information content (AvgIpc) is 2.84. The van der Waals surface area contributed by atoms with E-state index in [-0.39, 0.29) is 5.57 Å². The molecular formula is C15H13NO4. The fourth-order valence-corrected chi connectivity index (χ4v) is 1.95. The summed E-state index contributed by atoms with van der Waals surface area (Å²) in [5, 5.41) is 17.9. The molecule has 1 heterocycles. The van der Waals surface area contributed by atoms with Crippen LogP contribution in [0.25, 0.3) is 5.57 Å². The largest absolute Gasteiger partial charge is 0.478 e. The number of carboxylic acids is 2. The first-order valence-electron chi connectivity index (χ1n) is 5.95. The van der Waals surface area contributed by atoms with Gasteiger partial charge in [0.2, 0.25) is 0 Å². The molecule has 0 saturated carbocycles. The molecule has 0 saturated heterocycles. The van der Waals surface area contributed by atoms with E-state index < -0.39 is 11.9 Å². The van der Waals surface area contributed by atoms with Crippen LogP contribution in [-0.2, 0) is 16.1 Å². The highest BCUT2D eigenvalue weighted by molar-refractivity contribution is 6.18. The lowest BCUT2D eigenvalue weighted by atomic mass is 10.1. The minimum absolute atomic E-state index is 0.238.